The van der Waals surface area contributed by atoms with E-state index in [4.69, 9.17) is 18.5 Å². The van der Waals surface area contributed by atoms with Gasteiger partial charge in [0.1, 0.15) is 30.2 Å². The summed E-state index contributed by atoms with van der Waals surface area (Å²) in [6.45, 7) is 6.78. The summed E-state index contributed by atoms with van der Waals surface area (Å²) >= 11 is 0. The number of aliphatic hydroxyl groups is 1. The topological polar surface area (TPSA) is 158 Å². The van der Waals surface area contributed by atoms with Crippen LogP contribution in [0.4, 0.5) is 0 Å². The van der Waals surface area contributed by atoms with Gasteiger partial charge in [0.15, 0.2) is 0 Å². The van der Waals surface area contributed by atoms with E-state index in [0.29, 0.717) is 5.56 Å². The molecule has 38 heavy (non-hydrogen) atoms. The van der Waals surface area contributed by atoms with Crippen LogP contribution in [0.2, 0.25) is 0 Å². The Morgan fingerprint density at radius 2 is 1.95 bits per heavy atom. The lowest BCUT2D eigenvalue weighted by molar-refractivity contribution is -0.146. The van der Waals surface area contributed by atoms with Crippen LogP contribution in [0.25, 0.3) is 0 Å². The first-order chi connectivity index (χ1) is 18.1. The smallest absolute Gasteiger partial charge is 0.459 e. The van der Waals surface area contributed by atoms with Gasteiger partial charge in [-0.05, 0) is 31.9 Å². The molecular weight excluding hydrogens is 517 g/mol. The standard InChI is InChI=1S/C25H36N3O9P/c1-5-18(6-2)15-34-24(31)17(4)27-38(33,36-19-10-8-7-9-11-19)37-20-12-22(35-21(20)14-29)28-13-16(3)23(30)26-25(28)32/h7-11,13,17-18,20-22,29H,5-6,12,14-15H2,1-4H3,(H,27,33)(H,26,30,32)/t17-,20-,21+,22+,38+/m0/s1. The highest BCUT2D eigenvalue weighted by Gasteiger charge is 2.44. The molecule has 1 aromatic carbocycles. The van der Waals surface area contributed by atoms with Gasteiger partial charge in [0.2, 0.25) is 0 Å². The number of rotatable bonds is 13. The van der Waals surface area contributed by atoms with Gasteiger partial charge in [-0.15, -0.1) is 0 Å². The molecule has 0 amide bonds. The number of aromatic amines is 1. The van der Waals surface area contributed by atoms with E-state index in [-0.39, 0.29) is 24.7 Å². The molecule has 0 radical (unpaired) electrons. The molecule has 2 aromatic rings. The molecule has 3 N–H and O–H groups in total. The Bertz CT molecular complexity index is 1230. The number of hydrogen-bond acceptors (Lipinski definition) is 9. The van der Waals surface area contributed by atoms with Gasteiger partial charge in [-0.25, -0.2) is 9.36 Å². The van der Waals surface area contributed by atoms with Crippen molar-refractivity contribution in [1.29, 1.82) is 0 Å². The number of aromatic nitrogens is 2. The Labute approximate surface area is 220 Å². The molecule has 1 aliphatic heterocycles. The summed E-state index contributed by atoms with van der Waals surface area (Å²) in [5, 5.41) is 12.6. The second kappa shape index (κ2) is 13.3. The minimum absolute atomic E-state index is 0.00788. The van der Waals surface area contributed by atoms with E-state index < -0.39 is 56.0 Å². The fourth-order valence-electron chi connectivity index (χ4n) is 3.96. The number of ether oxygens (including phenoxy) is 2. The predicted molar refractivity (Wildman–Crippen MR) is 139 cm³/mol. The van der Waals surface area contributed by atoms with Crippen molar-refractivity contribution >= 4 is 13.7 Å². The maximum Gasteiger partial charge on any atom is 0.459 e. The number of aliphatic hydroxyl groups excluding tert-OH is 1. The van der Waals surface area contributed by atoms with Crippen molar-refractivity contribution in [2.24, 2.45) is 5.92 Å². The normalized spacial score (nSPS) is 21.7. The van der Waals surface area contributed by atoms with Crippen LogP contribution >= 0.6 is 7.75 Å². The van der Waals surface area contributed by atoms with E-state index in [9.17, 15) is 24.1 Å². The Hall–Kier alpha value is -2.76. The van der Waals surface area contributed by atoms with Crippen LogP contribution in [-0.2, 0) is 23.4 Å². The van der Waals surface area contributed by atoms with E-state index in [1.54, 1.807) is 30.3 Å². The Kier molecular flexibility index (Phi) is 10.5. The summed E-state index contributed by atoms with van der Waals surface area (Å²) < 4.78 is 37.9. The van der Waals surface area contributed by atoms with Crippen LogP contribution in [0, 0.1) is 12.8 Å². The average Bonchev–Trinajstić information content (AvgIpc) is 3.28. The second-order valence-electron chi connectivity index (χ2n) is 9.24. The maximum absolute atomic E-state index is 14.0. The SMILES string of the molecule is CCC(CC)COC(=O)[C@H](C)N[P@@](=O)(Oc1ccccc1)O[C@H]1C[C@H](n2cc(C)c(=O)[nH]c2=O)O[C@@H]1CO. The third kappa shape index (κ3) is 7.64. The highest BCUT2D eigenvalue weighted by atomic mass is 31.2. The molecule has 0 bridgehead atoms. The number of para-hydroxylation sites is 1. The zero-order valence-electron chi connectivity index (χ0n) is 22.0. The highest BCUT2D eigenvalue weighted by Crippen LogP contribution is 2.49. The van der Waals surface area contributed by atoms with Gasteiger partial charge in [0.05, 0.1) is 13.2 Å². The van der Waals surface area contributed by atoms with Gasteiger partial charge < -0.3 is 19.1 Å². The Balaban J connectivity index is 1.81. The van der Waals surface area contributed by atoms with Crippen LogP contribution in [-0.4, -0.2) is 52.1 Å². The molecule has 2 heterocycles. The van der Waals surface area contributed by atoms with Gasteiger partial charge in [-0.3, -0.25) is 23.7 Å². The van der Waals surface area contributed by atoms with Crippen molar-refractivity contribution in [3.8, 4) is 5.75 Å². The molecule has 3 rings (SSSR count). The number of carbonyl (C=O) groups is 1. The maximum atomic E-state index is 14.0. The first-order valence-electron chi connectivity index (χ1n) is 12.6. The fourth-order valence-corrected chi connectivity index (χ4v) is 5.68. The molecule has 1 aliphatic rings. The van der Waals surface area contributed by atoms with Gasteiger partial charge in [-0.2, -0.15) is 5.09 Å². The van der Waals surface area contributed by atoms with Crippen molar-refractivity contribution in [3.05, 3.63) is 62.9 Å². The van der Waals surface area contributed by atoms with Crippen molar-refractivity contribution in [3.63, 3.8) is 0 Å². The number of esters is 1. The van der Waals surface area contributed by atoms with Crippen molar-refractivity contribution < 1.29 is 33.0 Å². The molecule has 1 fully saturated rings. The van der Waals surface area contributed by atoms with Crippen LogP contribution in [0.3, 0.4) is 0 Å². The molecular formula is C25H36N3O9P. The summed E-state index contributed by atoms with van der Waals surface area (Å²) in [6.07, 6.45) is 0.200. The minimum Gasteiger partial charge on any atom is -0.464 e. The van der Waals surface area contributed by atoms with E-state index in [1.165, 1.54) is 24.6 Å². The molecule has 12 nitrogen and oxygen atoms in total. The summed E-state index contributed by atoms with van der Waals surface area (Å²) in [4.78, 5) is 39.0. The highest BCUT2D eigenvalue weighted by molar-refractivity contribution is 7.52. The molecule has 0 saturated carbocycles. The first kappa shape index (κ1) is 29.8. The number of carbonyl (C=O) groups excluding carboxylic acids is 1. The van der Waals surface area contributed by atoms with Crippen molar-refractivity contribution in [2.75, 3.05) is 13.2 Å². The summed E-state index contributed by atoms with van der Waals surface area (Å²) in [6, 6.07) is 7.23. The van der Waals surface area contributed by atoms with E-state index in [1.807, 2.05) is 13.8 Å². The Morgan fingerprint density at radius 1 is 1.26 bits per heavy atom. The third-order valence-corrected chi connectivity index (χ3v) is 8.08. The molecule has 0 aliphatic carbocycles. The number of H-pyrrole nitrogens is 1. The van der Waals surface area contributed by atoms with Gasteiger partial charge in [0, 0.05) is 18.2 Å². The van der Waals surface area contributed by atoms with Crippen LogP contribution in [0.15, 0.2) is 46.1 Å². The minimum atomic E-state index is -4.25. The van der Waals surface area contributed by atoms with Gasteiger partial charge in [0.25, 0.3) is 5.56 Å². The first-order valence-corrected chi connectivity index (χ1v) is 14.2. The van der Waals surface area contributed by atoms with Crippen LogP contribution in [0.5, 0.6) is 5.75 Å². The number of aryl methyl sites for hydroxylation is 1. The molecule has 1 aromatic heterocycles. The number of benzene rings is 1. The van der Waals surface area contributed by atoms with Crippen LogP contribution < -0.4 is 20.9 Å². The Morgan fingerprint density at radius 3 is 2.58 bits per heavy atom. The molecule has 0 unspecified atom stereocenters. The molecule has 5 atom stereocenters. The lowest BCUT2D eigenvalue weighted by Gasteiger charge is -2.26. The number of nitrogens with one attached hydrogen (secondary N) is 2. The largest absolute Gasteiger partial charge is 0.464 e. The number of nitrogens with zero attached hydrogens (tertiary/aromatic N) is 1. The zero-order chi connectivity index (χ0) is 27.9. The monoisotopic (exact) mass is 553 g/mol. The second-order valence-corrected chi connectivity index (χ2v) is 10.9. The lowest BCUT2D eigenvalue weighted by atomic mass is 10.1. The lowest BCUT2D eigenvalue weighted by Crippen LogP contribution is -2.38. The fraction of sp³-hybridized carbons (Fsp3) is 0.560. The summed E-state index contributed by atoms with van der Waals surface area (Å²) in [5.41, 5.74) is -0.928. The molecule has 210 valence electrons. The predicted octanol–water partition coefficient (Wildman–Crippen LogP) is 2.65. The zero-order valence-corrected chi connectivity index (χ0v) is 22.9. The van der Waals surface area contributed by atoms with E-state index in [0.717, 1.165) is 12.8 Å². The molecule has 13 heteroatoms. The van der Waals surface area contributed by atoms with E-state index in [2.05, 4.69) is 10.1 Å². The summed E-state index contributed by atoms with van der Waals surface area (Å²) in [7, 11) is -4.25. The van der Waals surface area contributed by atoms with Crippen molar-refractivity contribution in [1.82, 2.24) is 14.6 Å². The van der Waals surface area contributed by atoms with Gasteiger partial charge in [-0.1, -0.05) is 44.9 Å². The van der Waals surface area contributed by atoms with Gasteiger partial charge >= 0.3 is 19.4 Å². The molecule has 0 spiro atoms. The molecule has 1 saturated heterocycles. The third-order valence-electron chi connectivity index (χ3n) is 6.38. The average molecular weight is 554 g/mol. The quantitative estimate of drug-likeness (QED) is 0.249. The van der Waals surface area contributed by atoms with E-state index >= 15 is 0 Å². The van der Waals surface area contributed by atoms with Crippen molar-refractivity contribution in [2.45, 2.75) is 71.4 Å². The number of hydrogen-bond donors (Lipinski definition) is 3. The summed E-state index contributed by atoms with van der Waals surface area (Å²) in [5.74, 6) is -0.177. The van der Waals surface area contributed by atoms with Crippen LogP contribution in [0.1, 0.15) is 51.8 Å².